The van der Waals surface area contributed by atoms with Crippen molar-refractivity contribution < 1.29 is 23.9 Å². The van der Waals surface area contributed by atoms with Crippen LogP contribution in [0.3, 0.4) is 0 Å². The van der Waals surface area contributed by atoms with Crippen LogP contribution in [0.4, 0.5) is 0 Å². The molecule has 1 heterocycles. The Morgan fingerprint density at radius 1 is 0.780 bits per heavy atom. The van der Waals surface area contributed by atoms with E-state index in [1.165, 1.54) is 0 Å². The molecule has 3 N–H and O–H groups in total. The summed E-state index contributed by atoms with van der Waals surface area (Å²) in [4.78, 5) is 54.2. The van der Waals surface area contributed by atoms with Gasteiger partial charge in [0, 0.05) is 5.92 Å². The number of nitrogens with one attached hydrogen (secondary N) is 3. The number of benzene rings is 2. The van der Waals surface area contributed by atoms with Crippen LogP contribution in [0.1, 0.15) is 83.8 Å². The van der Waals surface area contributed by atoms with Crippen LogP contribution < -0.4 is 16.0 Å². The number of hydrogen-bond donors (Lipinski definition) is 3. The molecule has 41 heavy (non-hydrogen) atoms. The molecule has 0 spiro atoms. The average molecular weight is 564 g/mol. The van der Waals surface area contributed by atoms with Crippen LogP contribution in [-0.4, -0.2) is 47.9 Å². The number of carbonyl (C=O) groups excluding carboxylic acids is 4. The molecule has 2 aromatic rings. The molecular weight excluding hydrogens is 518 g/mol. The fraction of sp³-hybridized carbons (Fsp3) is 0.515. The third-order valence-corrected chi connectivity index (χ3v) is 8.07. The Balaban J connectivity index is 2.06. The molecule has 1 fully saturated rings. The predicted molar refractivity (Wildman–Crippen MR) is 159 cm³/mol. The van der Waals surface area contributed by atoms with Crippen molar-refractivity contribution in [3.63, 3.8) is 0 Å². The third kappa shape index (κ3) is 8.65. The molecule has 0 bridgehead atoms. The average Bonchev–Trinajstić information content (AvgIpc) is 2.98. The molecule has 222 valence electrons. The van der Waals surface area contributed by atoms with Gasteiger partial charge in [0.15, 0.2) is 0 Å². The van der Waals surface area contributed by atoms with Crippen molar-refractivity contribution in [2.75, 3.05) is 0 Å². The number of ether oxygens (including phenoxy) is 1. The normalized spacial score (nSPS) is 24.0. The van der Waals surface area contributed by atoms with Gasteiger partial charge in [0.2, 0.25) is 17.7 Å². The van der Waals surface area contributed by atoms with Crippen LogP contribution in [0, 0.1) is 11.8 Å². The molecule has 8 nitrogen and oxygen atoms in total. The SMILES string of the molecule is CCCC[C@H](C)[C@@H]1CC(=O)N[C@@H](C(c2ccccc2)c2ccccc2)C(=O)N[C@H](C)C(=O)N[C@H]([C@H](C)CC)C(=O)O1. The molecule has 2 aromatic carbocycles. The van der Waals surface area contributed by atoms with E-state index < -0.39 is 53.8 Å². The summed E-state index contributed by atoms with van der Waals surface area (Å²) in [6.07, 6.45) is 2.52. The molecule has 0 aliphatic carbocycles. The summed E-state index contributed by atoms with van der Waals surface area (Å²) in [6, 6.07) is 16.2. The van der Waals surface area contributed by atoms with Gasteiger partial charge in [-0.2, -0.15) is 0 Å². The number of esters is 1. The maximum atomic E-state index is 13.9. The van der Waals surface area contributed by atoms with E-state index in [0.717, 1.165) is 30.4 Å². The van der Waals surface area contributed by atoms with Gasteiger partial charge >= 0.3 is 5.97 Å². The highest BCUT2D eigenvalue weighted by molar-refractivity contribution is 5.94. The van der Waals surface area contributed by atoms with Crippen molar-refractivity contribution >= 4 is 23.7 Å². The van der Waals surface area contributed by atoms with Crippen molar-refractivity contribution in [1.82, 2.24) is 16.0 Å². The van der Waals surface area contributed by atoms with Gasteiger partial charge in [-0.05, 0) is 36.3 Å². The number of unbranched alkanes of at least 4 members (excludes halogenated alkanes) is 1. The van der Waals surface area contributed by atoms with E-state index in [-0.39, 0.29) is 18.3 Å². The van der Waals surface area contributed by atoms with Gasteiger partial charge in [-0.1, -0.05) is 108 Å². The molecule has 0 saturated carbocycles. The van der Waals surface area contributed by atoms with Gasteiger partial charge in [0.25, 0.3) is 0 Å². The minimum Gasteiger partial charge on any atom is -0.460 e. The van der Waals surface area contributed by atoms with E-state index in [9.17, 15) is 19.2 Å². The quantitative estimate of drug-likeness (QED) is 0.390. The molecule has 6 atom stereocenters. The number of carbonyl (C=O) groups is 4. The summed E-state index contributed by atoms with van der Waals surface area (Å²) >= 11 is 0. The maximum Gasteiger partial charge on any atom is 0.329 e. The van der Waals surface area contributed by atoms with Gasteiger partial charge in [-0.3, -0.25) is 14.4 Å². The van der Waals surface area contributed by atoms with Gasteiger partial charge in [-0.15, -0.1) is 0 Å². The lowest BCUT2D eigenvalue weighted by molar-refractivity contribution is -0.158. The molecule has 8 heteroatoms. The zero-order chi connectivity index (χ0) is 29.9. The second kappa shape index (κ2) is 15.4. The van der Waals surface area contributed by atoms with Crippen molar-refractivity contribution in [3.05, 3.63) is 71.8 Å². The first-order chi connectivity index (χ1) is 19.7. The first kappa shape index (κ1) is 31.8. The Hall–Kier alpha value is -3.68. The Kier molecular flexibility index (Phi) is 11.9. The Bertz CT molecular complexity index is 1120. The summed E-state index contributed by atoms with van der Waals surface area (Å²) in [5.74, 6) is -2.74. The van der Waals surface area contributed by atoms with Crippen molar-refractivity contribution in [2.24, 2.45) is 11.8 Å². The topological polar surface area (TPSA) is 114 Å². The zero-order valence-electron chi connectivity index (χ0n) is 24.9. The minimum absolute atomic E-state index is 0.0895. The smallest absolute Gasteiger partial charge is 0.329 e. The number of amides is 3. The van der Waals surface area contributed by atoms with Gasteiger partial charge < -0.3 is 20.7 Å². The van der Waals surface area contributed by atoms with E-state index in [4.69, 9.17) is 4.74 Å². The largest absolute Gasteiger partial charge is 0.460 e. The zero-order valence-corrected chi connectivity index (χ0v) is 24.9. The van der Waals surface area contributed by atoms with Crippen LogP contribution in [0.5, 0.6) is 0 Å². The molecule has 1 aliphatic heterocycles. The summed E-state index contributed by atoms with van der Waals surface area (Å²) in [6.45, 7) is 9.43. The standard InChI is InChI=1S/C33H45N3O5/c1-6-8-15-22(4)26-20-27(37)35-30(28(24-16-11-9-12-17-24)25-18-13-10-14-19-25)32(39)34-23(5)31(38)36-29(21(3)7-2)33(40)41-26/h9-14,16-19,21-23,26,28-30H,6-8,15,20H2,1-5H3,(H,34,39)(H,35,37)(H,36,38)/t21-,22+,23-,26+,29-,30+/m1/s1. The van der Waals surface area contributed by atoms with Crippen LogP contribution >= 0.6 is 0 Å². The lowest BCUT2D eigenvalue weighted by Gasteiger charge is -2.30. The predicted octanol–water partition coefficient (Wildman–Crippen LogP) is 4.48. The van der Waals surface area contributed by atoms with Crippen LogP contribution in [0.2, 0.25) is 0 Å². The second-order valence-corrected chi connectivity index (χ2v) is 11.2. The van der Waals surface area contributed by atoms with E-state index in [1.54, 1.807) is 6.92 Å². The van der Waals surface area contributed by atoms with Crippen molar-refractivity contribution in [2.45, 2.75) is 96.9 Å². The molecule has 0 unspecified atom stereocenters. The van der Waals surface area contributed by atoms with Gasteiger partial charge in [0.1, 0.15) is 24.2 Å². The van der Waals surface area contributed by atoms with Gasteiger partial charge in [-0.25, -0.2) is 4.79 Å². The first-order valence-corrected chi connectivity index (χ1v) is 14.9. The van der Waals surface area contributed by atoms with E-state index in [1.807, 2.05) is 81.4 Å². The molecule has 1 aliphatic rings. The maximum absolute atomic E-state index is 13.9. The third-order valence-electron chi connectivity index (χ3n) is 8.07. The Morgan fingerprint density at radius 3 is 1.90 bits per heavy atom. The van der Waals surface area contributed by atoms with Crippen molar-refractivity contribution in [1.29, 1.82) is 0 Å². The molecule has 0 aromatic heterocycles. The molecular formula is C33H45N3O5. The number of rotatable bonds is 9. The number of hydrogen-bond acceptors (Lipinski definition) is 5. The number of cyclic esters (lactones) is 1. The summed E-state index contributed by atoms with van der Waals surface area (Å²) in [5, 5.41) is 8.57. The van der Waals surface area contributed by atoms with Gasteiger partial charge in [0.05, 0.1) is 6.42 Å². The fourth-order valence-corrected chi connectivity index (χ4v) is 5.22. The molecule has 1 saturated heterocycles. The highest BCUT2D eigenvalue weighted by Gasteiger charge is 2.38. The summed E-state index contributed by atoms with van der Waals surface area (Å²) in [5.41, 5.74) is 1.69. The highest BCUT2D eigenvalue weighted by Crippen LogP contribution is 2.29. The minimum atomic E-state index is -1.02. The van der Waals surface area contributed by atoms with E-state index >= 15 is 0 Å². The lowest BCUT2D eigenvalue weighted by atomic mass is 9.84. The highest BCUT2D eigenvalue weighted by atomic mass is 16.5. The molecule has 0 radical (unpaired) electrons. The lowest BCUT2D eigenvalue weighted by Crippen LogP contribution is -2.56. The Labute approximate surface area is 244 Å². The van der Waals surface area contributed by atoms with Crippen LogP contribution in [0.15, 0.2) is 60.7 Å². The van der Waals surface area contributed by atoms with Crippen molar-refractivity contribution in [3.8, 4) is 0 Å². The van der Waals surface area contributed by atoms with E-state index in [2.05, 4.69) is 22.9 Å². The van der Waals surface area contributed by atoms with Crippen LogP contribution in [-0.2, 0) is 23.9 Å². The monoisotopic (exact) mass is 563 g/mol. The Morgan fingerprint density at radius 2 is 1.37 bits per heavy atom. The fourth-order valence-electron chi connectivity index (χ4n) is 5.22. The second-order valence-electron chi connectivity index (χ2n) is 11.2. The van der Waals surface area contributed by atoms with E-state index in [0.29, 0.717) is 6.42 Å². The molecule has 3 rings (SSSR count). The van der Waals surface area contributed by atoms with Crippen LogP contribution in [0.25, 0.3) is 0 Å². The summed E-state index contributed by atoms with van der Waals surface area (Å²) < 4.78 is 5.98. The molecule has 3 amide bonds. The first-order valence-electron chi connectivity index (χ1n) is 14.9. The summed E-state index contributed by atoms with van der Waals surface area (Å²) in [7, 11) is 0.